The van der Waals surface area contributed by atoms with Crippen molar-refractivity contribution in [3.05, 3.63) is 18.0 Å². The van der Waals surface area contributed by atoms with Crippen LogP contribution in [-0.4, -0.2) is 22.5 Å². The van der Waals surface area contributed by atoms with Crippen LogP contribution < -0.4 is 16.4 Å². The molecular weight excluding hydrogens is 316 g/mol. The Hall–Kier alpha value is -1.98. The molecule has 3 atom stereocenters. The average Bonchev–Trinajstić information content (AvgIpc) is 3.06. The molecule has 1 aromatic heterocycles. The first-order valence-electron chi connectivity index (χ1n) is 9.26. The van der Waals surface area contributed by atoms with Gasteiger partial charge in [-0.15, -0.1) is 0 Å². The summed E-state index contributed by atoms with van der Waals surface area (Å²) in [6.45, 7) is 9.68. The van der Waals surface area contributed by atoms with Gasteiger partial charge in [-0.05, 0) is 48.5 Å². The predicted octanol–water partition coefficient (Wildman–Crippen LogP) is 3.33. The van der Waals surface area contributed by atoms with Crippen LogP contribution in [-0.2, 0) is 6.54 Å². The van der Waals surface area contributed by atoms with Gasteiger partial charge < -0.3 is 20.9 Å². The van der Waals surface area contributed by atoms with E-state index in [1.807, 2.05) is 6.92 Å². The van der Waals surface area contributed by atoms with Crippen molar-refractivity contribution in [2.75, 3.05) is 5.32 Å². The van der Waals surface area contributed by atoms with Crippen molar-refractivity contribution in [1.82, 2.24) is 9.88 Å². The number of hydrogen-bond donors (Lipinski definition) is 3. The third-order valence-corrected chi connectivity index (χ3v) is 6.97. The van der Waals surface area contributed by atoms with E-state index in [-0.39, 0.29) is 22.9 Å². The summed E-state index contributed by atoms with van der Waals surface area (Å²) < 4.78 is 1.79. The van der Waals surface area contributed by atoms with Gasteiger partial charge in [-0.25, -0.2) is 4.79 Å². The first kappa shape index (κ1) is 17.8. The van der Waals surface area contributed by atoms with E-state index >= 15 is 0 Å². The van der Waals surface area contributed by atoms with E-state index in [1.165, 1.54) is 6.42 Å². The molecule has 4 N–H and O–H groups in total. The molecule has 0 spiro atoms. The molecule has 1 heterocycles. The molecule has 1 aromatic rings. The average molecular weight is 346 g/mol. The maximum absolute atomic E-state index is 12.5. The van der Waals surface area contributed by atoms with Crippen molar-refractivity contribution in [2.45, 2.75) is 66.0 Å². The third-order valence-electron chi connectivity index (χ3n) is 6.97. The molecule has 6 nitrogen and oxygen atoms in total. The van der Waals surface area contributed by atoms with Gasteiger partial charge in [0.25, 0.3) is 5.91 Å². The van der Waals surface area contributed by atoms with E-state index in [4.69, 9.17) is 5.73 Å². The Bertz CT molecular complexity index is 694. The van der Waals surface area contributed by atoms with Gasteiger partial charge in [0.05, 0.1) is 5.69 Å². The molecular formula is C19H30N4O2. The van der Waals surface area contributed by atoms with Crippen LogP contribution in [0.2, 0.25) is 0 Å². The van der Waals surface area contributed by atoms with Crippen LogP contribution in [0.3, 0.4) is 0 Å². The van der Waals surface area contributed by atoms with E-state index in [0.717, 1.165) is 19.3 Å². The summed E-state index contributed by atoms with van der Waals surface area (Å²) in [6.07, 6.45) is 6.12. The minimum absolute atomic E-state index is 0.140. The van der Waals surface area contributed by atoms with Crippen LogP contribution in [0, 0.1) is 16.7 Å². The van der Waals surface area contributed by atoms with Gasteiger partial charge in [-0.2, -0.15) is 0 Å². The Balaban J connectivity index is 1.68. The molecule has 2 fully saturated rings. The summed E-state index contributed by atoms with van der Waals surface area (Å²) in [4.78, 5) is 24.0. The first-order chi connectivity index (χ1) is 11.7. The Morgan fingerprint density at radius 2 is 2.08 bits per heavy atom. The number of carbonyl (C=O) groups excluding carboxylic acids is 2. The molecule has 2 saturated carbocycles. The molecule has 2 bridgehead atoms. The van der Waals surface area contributed by atoms with E-state index in [9.17, 15) is 9.59 Å². The lowest BCUT2D eigenvalue weighted by Crippen LogP contribution is -2.48. The molecule has 3 amide bonds. The Labute approximate surface area is 149 Å². The number of urea groups is 1. The topological polar surface area (TPSA) is 89.2 Å². The van der Waals surface area contributed by atoms with E-state index in [2.05, 4.69) is 31.4 Å². The number of primary amides is 1. The second-order valence-corrected chi connectivity index (χ2v) is 8.43. The summed E-state index contributed by atoms with van der Waals surface area (Å²) in [6, 6.07) is 1.62. The van der Waals surface area contributed by atoms with Crippen LogP contribution in [0.15, 0.2) is 12.3 Å². The lowest BCUT2D eigenvalue weighted by atomic mass is 9.69. The number of amides is 3. The highest BCUT2D eigenvalue weighted by Crippen LogP contribution is 2.65. The fourth-order valence-electron chi connectivity index (χ4n) is 4.96. The molecule has 0 radical (unpaired) electrons. The predicted molar refractivity (Wildman–Crippen MR) is 98.4 cm³/mol. The lowest BCUT2D eigenvalue weighted by Gasteiger charge is -2.39. The van der Waals surface area contributed by atoms with Crippen molar-refractivity contribution in [3.63, 3.8) is 0 Å². The summed E-state index contributed by atoms with van der Waals surface area (Å²) >= 11 is 0. The third kappa shape index (κ3) is 2.81. The normalized spacial score (nSPS) is 29.6. The zero-order valence-electron chi connectivity index (χ0n) is 15.7. The Morgan fingerprint density at radius 3 is 2.60 bits per heavy atom. The molecule has 25 heavy (non-hydrogen) atoms. The number of anilines is 1. The molecule has 0 saturated heterocycles. The second-order valence-electron chi connectivity index (χ2n) is 8.43. The molecule has 6 heteroatoms. The van der Waals surface area contributed by atoms with Crippen molar-refractivity contribution in [3.8, 4) is 0 Å². The van der Waals surface area contributed by atoms with E-state index < -0.39 is 5.91 Å². The van der Waals surface area contributed by atoms with Crippen molar-refractivity contribution < 1.29 is 9.59 Å². The van der Waals surface area contributed by atoms with Crippen LogP contribution in [0.5, 0.6) is 0 Å². The number of rotatable bonds is 5. The highest BCUT2D eigenvalue weighted by molar-refractivity contribution is 5.95. The number of aryl methyl sites for hydroxylation is 1. The number of nitrogens with two attached hydrogens (primary N) is 1. The first-order valence-corrected chi connectivity index (χ1v) is 9.26. The number of fused-ring (bicyclic) bond motifs is 2. The van der Waals surface area contributed by atoms with Crippen LogP contribution in [0.1, 0.15) is 63.9 Å². The molecule has 0 aliphatic heterocycles. The van der Waals surface area contributed by atoms with Gasteiger partial charge >= 0.3 is 6.03 Å². The van der Waals surface area contributed by atoms with Crippen molar-refractivity contribution in [2.24, 2.45) is 22.5 Å². The minimum Gasteiger partial charge on any atom is -0.364 e. The maximum Gasteiger partial charge on any atom is 0.319 e. The van der Waals surface area contributed by atoms with Crippen molar-refractivity contribution >= 4 is 17.6 Å². The van der Waals surface area contributed by atoms with E-state index in [0.29, 0.717) is 23.8 Å². The van der Waals surface area contributed by atoms with Crippen LogP contribution in [0.4, 0.5) is 10.5 Å². The molecule has 138 valence electrons. The number of nitrogens with zero attached hydrogens (tertiary/aromatic N) is 1. The van der Waals surface area contributed by atoms with E-state index in [1.54, 1.807) is 16.8 Å². The van der Waals surface area contributed by atoms with Gasteiger partial charge in [0, 0.05) is 18.8 Å². The molecule has 3 rings (SSSR count). The molecule has 0 unspecified atom stereocenters. The maximum atomic E-state index is 12.5. The van der Waals surface area contributed by atoms with Gasteiger partial charge in [-0.1, -0.05) is 27.7 Å². The van der Waals surface area contributed by atoms with Crippen molar-refractivity contribution in [1.29, 1.82) is 0 Å². The van der Waals surface area contributed by atoms with Gasteiger partial charge in [0.1, 0.15) is 5.69 Å². The minimum atomic E-state index is -0.482. The highest BCUT2D eigenvalue weighted by Gasteiger charge is 2.61. The smallest absolute Gasteiger partial charge is 0.319 e. The van der Waals surface area contributed by atoms with Crippen LogP contribution in [0.25, 0.3) is 0 Å². The molecule has 2 aliphatic carbocycles. The summed E-state index contributed by atoms with van der Waals surface area (Å²) in [5, 5.41) is 6.04. The van der Waals surface area contributed by atoms with Gasteiger partial charge in [0.2, 0.25) is 0 Å². The zero-order valence-corrected chi connectivity index (χ0v) is 15.7. The largest absolute Gasteiger partial charge is 0.364 e. The molecule has 0 aromatic carbocycles. The van der Waals surface area contributed by atoms with Gasteiger partial charge in [0.15, 0.2) is 0 Å². The fraction of sp³-hybridized carbons (Fsp3) is 0.684. The lowest BCUT2D eigenvalue weighted by molar-refractivity contribution is 0.0991. The standard InChI is InChI=1S/C19H30N4O2/c1-5-8-23-11-13(10-14(23)16(20)24)21-17(25)22-15-9-12-6-7-19(15,4)18(12,2)3/h10-12,15H,5-9H2,1-4H3,(H2,20,24)(H2,21,22,25)/t12-,15+,19+/m1/s1. The Kier molecular flexibility index (Phi) is 4.33. The van der Waals surface area contributed by atoms with Gasteiger partial charge in [-0.3, -0.25) is 4.79 Å². The molecule has 2 aliphatic rings. The fourth-order valence-corrected chi connectivity index (χ4v) is 4.96. The number of nitrogens with one attached hydrogen (secondary N) is 2. The highest BCUT2D eigenvalue weighted by atomic mass is 16.2. The van der Waals surface area contributed by atoms with Crippen LogP contribution >= 0.6 is 0 Å². The SMILES string of the molecule is CCCn1cc(NC(=O)N[C@H]2C[C@H]3CC[C@]2(C)C3(C)C)cc1C(N)=O. The summed E-state index contributed by atoms with van der Waals surface area (Å²) in [7, 11) is 0. The summed E-state index contributed by atoms with van der Waals surface area (Å²) in [5.74, 6) is 0.194. The summed E-state index contributed by atoms with van der Waals surface area (Å²) in [5.41, 5.74) is 6.85. The number of aromatic nitrogens is 1. The second kappa shape index (κ2) is 6.07. The Morgan fingerprint density at radius 1 is 1.36 bits per heavy atom. The number of hydrogen-bond acceptors (Lipinski definition) is 2. The zero-order chi connectivity index (χ0) is 18.4. The number of carbonyl (C=O) groups is 2. The monoisotopic (exact) mass is 346 g/mol. The quantitative estimate of drug-likeness (QED) is 0.763.